The van der Waals surface area contributed by atoms with Gasteiger partial charge in [0.15, 0.2) is 0 Å². The molecule has 0 aliphatic carbocycles. The Labute approximate surface area is 94.2 Å². The van der Waals surface area contributed by atoms with Gasteiger partial charge in [0.25, 0.3) is 0 Å². The normalized spacial score (nSPS) is 17.7. The highest BCUT2D eigenvalue weighted by Crippen LogP contribution is 2.30. The van der Waals surface area contributed by atoms with Crippen LogP contribution >= 0.6 is 0 Å². The van der Waals surface area contributed by atoms with E-state index in [0.717, 1.165) is 17.9 Å². The van der Waals surface area contributed by atoms with Crippen molar-refractivity contribution in [2.24, 2.45) is 0 Å². The summed E-state index contributed by atoms with van der Waals surface area (Å²) in [7, 11) is 1.64. The van der Waals surface area contributed by atoms with Crippen LogP contribution in [-0.2, 0) is 11.2 Å². The molecule has 1 aliphatic heterocycles. The zero-order valence-electron chi connectivity index (χ0n) is 9.19. The molecule has 1 aromatic carbocycles. The van der Waals surface area contributed by atoms with Gasteiger partial charge in [-0.15, -0.1) is 0 Å². The molecule has 0 saturated heterocycles. The summed E-state index contributed by atoms with van der Waals surface area (Å²) in [6.07, 6.45) is 1.74. The highest BCUT2D eigenvalue weighted by Gasteiger charge is 2.21. The Kier molecular flexibility index (Phi) is 2.99. The molecule has 0 aromatic heterocycles. The second-order valence-corrected chi connectivity index (χ2v) is 4.00. The van der Waals surface area contributed by atoms with Crippen LogP contribution < -0.4 is 10.1 Å². The van der Waals surface area contributed by atoms with E-state index in [1.165, 1.54) is 5.56 Å². The number of rotatable bonds is 4. The Morgan fingerprint density at radius 1 is 1.62 bits per heavy atom. The van der Waals surface area contributed by atoms with E-state index in [-0.39, 0.29) is 12.5 Å². The first-order valence-electron chi connectivity index (χ1n) is 5.34. The van der Waals surface area contributed by atoms with Gasteiger partial charge in [0.1, 0.15) is 5.75 Å². The van der Waals surface area contributed by atoms with Crippen molar-refractivity contribution in [2.75, 3.05) is 12.4 Å². The lowest BCUT2D eigenvalue weighted by molar-refractivity contribution is -0.137. The monoisotopic (exact) mass is 221 g/mol. The molecule has 1 aromatic rings. The summed E-state index contributed by atoms with van der Waals surface area (Å²) in [6.45, 7) is 0. The number of aliphatic carboxylic acids is 1. The van der Waals surface area contributed by atoms with Crippen LogP contribution in [0.15, 0.2) is 18.2 Å². The van der Waals surface area contributed by atoms with E-state index in [1.54, 1.807) is 7.11 Å². The summed E-state index contributed by atoms with van der Waals surface area (Å²) in [4.78, 5) is 10.5. The maximum absolute atomic E-state index is 10.5. The van der Waals surface area contributed by atoms with Crippen LogP contribution in [-0.4, -0.2) is 24.2 Å². The number of fused-ring (bicyclic) bond motifs is 1. The molecule has 4 heteroatoms. The van der Waals surface area contributed by atoms with Crippen LogP contribution in [0.4, 0.5) is 5.69 Å². The number of carbonyl (C=O) groups is 1. The summed E-state index contributed by atoms with van der Waals surface area (Å²) in [6, 6.07) is 6.13. The van der Waals surface area contributed by atoms with E-state index in [1.807, 2.05) is 18.2 Å². The number of hydrogen-bond donors (Lipinski definition) is 2. The lowest BCUT2D eigenvalue weighted by Crippen LogP contribution is -2.16. The highest BCUT2D eigenvalue weighted by molar-refractivity contribution is 5.67. The maximum atomic E-state index is 10.5. The molecular weight excluding hydrogens is 206 g/mol. The van der Waals surface area contributed by atoms with Crippen molar-refractivity contribution < 1.29 is 14.6 Å². The Morgan fingerprint density at radius 2 is 2.44 bits per heavy atom. The molecular formula is C12H15NO3. The summed E-state index contributed by atoms with van der Waals surface area (Å²) >= 11 is 0. The molecule has 1 aliphatic rings. The van der Waals surface area contributed by atoms with Crippen molar-refractivity contribution in [3.63, 3.8) is 0 Å². The van der Waals surface area contributed by atoms with Crippen LogP contribution in [0.25, 0.3) is 0 Å². The van der Waals surface area contributed by atoms with Crippen LogP contribution in [0, 0.1) is 0 Å². The number of hydrogen-bond acceptors (Lipinski definition) is 3. The average Bonchev–Trinajstić information content (AvgIpc) is 2.67. The molecule has 86 valence electrons. The van der Waals surface area contributed by atoms with Crippen molar-refractivity contribution >= 4 is 11.7 Å². The number of carboxylic acid groups (broad SMARTS) is 1. The Balaban J connectivity index is 2.00. The number of carboxylic acids is 1. The first-order chi connectivity index (χ1) is 7.69. The molecule has 0 radical (unpaired) electrons. The fraction of sp³-hybridized carbons (Fsp3) is 0.417. The molecule has 0 bridgehead atoms. The molecule has 0 fully saturated rings. The number of nitrogens with one attached hydrogen (secondary N) is 1. The average molecular weight is 221 g/mol. The summed E-state index contributed by atoms with van der Waals surface area (Å²) in [5, 5.41) is 11.9. The molecule has 0 saturated carbocycles. The summed E-state index contributed by atoms with van der Waals surface area (Å²) < 4.78 is 5.15. The van der Waals surface area contributed by atoms with Crippen LogP contribution in [0.3, 0.4) is 0 Å². The number of ether oxygens (including phenoxy) is 1. The lowest BCUT2D eigenvalue weighted by Gasteiger charge is -2.08. The van der Waals surface area contributed by atoms with E-state index < -0.39 is 5.97 Å². The third kappa shape index (κ3) is 2.27. The number of methoxy groups -OCH3 is 1. The quantitative estimate of drug-likeness (QED) is 0.815. The Morgan fingerprint density at radius 3 is 3.12 bits per heavy atom. The van der Waals surface area contributed by atoms with Gasteiger partial charge >= 0.3 is 5.97 Å². The molecule has 1 atom stereocenters. The Hall–Kier alpha value is -1.71. The third-order valence-corrected chi connectivity index (χ3v) is 2.85. The third-order valence-electron chi connectivity index (χ3n) is 2.85. The van der Waals surface area contributed by atoms with Crippen LogP contribution in [0.5, 0.6) is 5.75 Å². The molecule has 16 heavy (non-hydrogen) atoms. The van der Waals surface area contributed by atoms with Gasteiger partial charge in [-0.25, -0.2) is 0 Å². The largest absolute Gasteiger partial charge is 0.497 e. The van der Waals surface area contributed by atoms with E-state index in [4.69, 9.17) is 9.84 Å². The minimum atomic E-state index is -0.740. The molecule has 2 rings (SSSR count). The lowest BCUT2D eigenvalue weighted by atomic mass is 10.1. The van der Waals surface area contributed by atoms with Crippen molar-refractivity contribution in [1.29, 1.82) is 0 Å². The molecule has 2 N–H and O–H groups in total. The first kappa shape index (κ1) is 10.8. The highest BCUT2D eigenvalue weighted by atomic mass is 16.5. The van der Waals surface area contributed by atoms with Crippen molar-refractivity contribution in [3.05, 3.63) is 23.8 Å². The van der Waals surface area contributed by atoms with Gasteiger partial charge < -0.3 is 15.2 Å². The fourth-order valence-electron chi connectivity index (χ4n) is 2.02. The van der Waals surface area contributed by atoms with Crippen molar-refractivity contribution in [1.82, 2.24) is 0 Å². The SMILES string of the molecule is COc1ccc2c(c1)CC(CCC(=O)O)N2. The topological polar surface area (TPSA) is 58.6 Å². The minimum absolute atomic E-state index is 0.211. The van der Waals surface area contributed by atoms with Gasteiger partial charge in [0.2, 0.25) is 0 Å². The standard InChI is InChI=1S/C12H15NO3/c1-16-10-3-4-11-8(7-10)6-9(13-11)2-5-12(14)15/h3-4,7,9,13H,2,5-6H2,1H3,(H,14,15). The van der Waals surface area contributed by atoms with E-state index in [0.29, 0.717) is 6.42 Å². The molecule has 0 spiro atoms. The van der Waals surface area contributed by atoms with Crippen LogP contribution in [0.1, 0.15) is 18.4 Å². The minimum Gasteiger partial charge on any atom is -0.497 e. The van der Waals surface area contributed by atoms with Gasteiger partial charge in [-0.05, 0) is 36.6 Å². The van der Waals surface area contributed by atoms with Crippen molar-refractivity contribution in [2.45, 2.75) is 25.3 Å². The van der Waals surface area contributed by atoms with Crippen molar-refractivity contribution in [3.8, 4) is 5.75 Å². The smallest absolute Gasteiger partial charge is 0.303 e. The van der Waals surface area contributed by atoms with Gasteiger partial charge in [0.05, 0.1) is 7.11 Å². The molecule has 1 heterocycles. The van der Waals surface area contributed by atoms with Gasteiger partial charge in [-0.1, -0.05) is 0 Å². The second kappa shape index (κ2) is 4.43. The molecule has 0 amide bonds. The zero-order valence-corrected chi connectivity index (χ0v) is 9.19. The first-order valence-corrected chi connectivity index (χ1v) is 5.34. The maximum Gasteiger partial charge on any atom is 0.303 e. The molecule has 4 nitrogen and oxygen atoms in total. The predicted octanol–water partition coefficient (Wildman–Crippen LogP) is 1.90. The fourth-order valence-corrected chi connectivity index (χ4v) is 2.02. The number of anilines is 1. The van der Waals surface area contributed by atoms with E-state index in [9.17, 15) is 4.79 Å². The van der Waals surface area contributed by atoms with E-state index in [2.05, 4.69) is 5.32 Å². The zero-order chi connectivity index (χ0) is 11.5. The Bertz CT molecular complexity index is 403. The van der Waals surface area contributed by atoms with E-state index >= 15 is 0 Å². The van der Waals surface area contributed by atoms with Gasteiger partial charge in [0, 0.05) is 18.2 Å². The summed E-state index contributed by atoms with van der Waals surface area (Å²) in [5.74, 6) is 0.106. The number of benzene rings is 1. The summed E-state index contributed by atoms with van der Waals surface area (Å²) in [5.41, 5.74) is 2.30. The second-order valence-electron chi connectivity index (χ2n) is 4.00. The molecule has 1 unspecified atom stereocenters. The van der Waals surface area contributed by atoms with Gasteiger partial charge in [-0.2, -0.15) is 0 Å². The predicted molar refractivity (Wildman–Crippen MR) is 61.0 cm³/mol. The van der Waals surface area contributed by atoms with Crippen LogP contribution in [0.2, 0.25) is 0 Å². The van der Waals surface area contributed by atoms with Gasteiger partial charge in [-0.3, -0.25) is 4.79 Å².